The number of carbonyl (C=O) groups excluding carboxylic acids is 1. The number of carbonyl (C=O) groups is 1. The standard InChI is InChI=1S/C18H24N4O2S/c1-12-14-16(19-13-6-4-3-5-7-22(13)17(14)23)25-15(12)18(24)21-10-8-20(2)9-11-21/h3-11H2,1-2H3. The van der Waals surface area contributed by atoms with Gasteiger partial charge in [-0.05, 0) is 32.4 Å². The first-order valence-electron chi connectivity index (χ1n) is 9.07. The van der Waals surface area contributed by atoms with Crippen molar-refractivity contribution in [1.82, 2.24) is 19.4 Å². The Hall–Kier alpha value is -1.73. The maximum Gasteiger partial charge on any atom is 0.264 e. The Kier molecular flexibility index (Phi) is 4.37. The van der Waals surface area contributed by atoms with Gasteiger partial charge < -0.3 is 9.80 Å². The lowest BCUT2D eigenvalue weighted by atomic mass is 10.2. The van der Waals surface area contributed by atoms with Crippen LogP contribution in [0.5, 0.6) is 0 Å². The minimum atomic E-state index is 0.0353. The number of aryl methyl sites for hydroxylation is 2. The monoisotopic (exact) mass is 360 g/mol. The number of nitrogens with zero attached hydrogens (tertiary/aromatic N) is 4. The Morgan fingerprint density at radius 1 is 1.08 bits per heavy atom. The lowest BCUT2D eigenvalue weighted by Crippen LogP contribution is -2.47. The van der Waals surface area contributed by atoms with Gasteiger partial charge >= 0.3 is 0 Å². The van der Waals surface area contributed by atoms with E-state index in [2.05, 4.69) is 11.9 Å². The molecule has 0 radical (unpaired) electrons. The van der Waals surface area contributed by atoms with Crippen LogP contribution in [-0.4, -0.2) is 58.5 Å². The minimum absolute atomic E-state index is 0.0353. The molecule has 134 valence electrons. The van der Waals surface area contributed by atoms with Gasteiger partial charge in [-0.2, -0.15) is 0 Å². The Balaban J connectivity index is 1.76. The van der Waals surface area contributed by atoms with Crippen LogP contribution in [0.3, 0.4) is 0 Å². The smallest absolute Gasteiger partial charge is 0.264 e. The van der Waals surface area contributed by atoms with Crippen molar-refractivity contribution in [3.8, 4) is 0 Å². The Morgan fingerprint density at radius 2 is 1.84 bits per heavy atom. The highest BCUT2D eigenvalue weighted by atomic mass is 32.1. The fourth-order valence-corrected chi connectivity index (χ4v) is 4.93. The molecule has 2 aromatic heterocycles. The van der Waals surface area contributed by atoms with Gasteiger partial charge in [0, 0.05) is 39.1 Å². The molecule has 1 saturated heterocycles. The van der Waals surface area contributed by atoms with Crippen LogP contribution in [0, 0.1) is 6.92 Å². The normalized spacial score (nSPS) is 19.0. The maximum absolute atomic E-state index is 13.0. The van der Waals surface area contributed by atoms with Crippen LogP contribution >= 0.6 is 11.3 Å². The van der Waals surface area contributed by atoms with Crippen LogP contribution in [0.4, 0.5) is 0 Å². The first-order valence-corrected chi connectivity index (χ1v) is 9.88. The van der Waals surface area contributed by atoms with E-state index in [9.17, 15) is 9.59 Å². The SMILES string of the molecule is Cc1c(C(=O)N2CCN(C)CC2)sc2nc3n(c(=O)c12)CCCCC3. The molecular formula is C18H24N4O2S. The summed E-state index contributed by atoms with van der Waals surface area (Å²) in [5, 5.41) is 0.646. The molecule has 0 saturated carbocycles. The third-order valence-electron chi connectivity index (χ3n) is 5.40. The average Bonchev–Trinajstić information content (AvgIpc) is 2.78. The first-order chi connectivity index (χ1) is 12.1. The second kappa shape index (κ2) is 6.53. The summed E-state index contributed by atoms with van der Waals surface area (Å²) in [6.07, 6.45) is 4.10. The number of rotatable bonds is 1. The van der Waals surface area contributed by atoms with E-state index in [4.69, 9.17) is 4.98 Å². The minimum Gasteiger partial charge on any atom is -0.335 e. The summed E-state index contributed by atoms with van der Waals surface area (Å²) >= 11 is 1.39. The van der Waals surface area contributed by atoms with Gasteiger partial charge in [0.1, 0.15) is 10.7 Å². The molecule has 6 nitrogen and oxygen atoms in total. The molecule has 0 bridgehead atoms. The Morgan fingerprint density at radius 3 is 2.60 bits per heavy atom. The lowest BCUT2D eigenvalue weighted by molar-refractivity contribution is 0.0668. The Bertz CT molecular complexity index is 877. The largest absolute Gasteiger partial charge is 0.335 e. The van der Waals surface area contributed by atoms with E-state index in [1.807, 2.05) is 16.4 Å². The molecular weight excluding hydrogens is 336 g/mol. The molecule has 4 heterocycles. The number of aromatic nitrogens is 2. The Labute approximate surface area is 151 Å². The van der Waals surface area contributed by atoms with E-state index in [1.54, 1.807) is 0 Å². The zero-order valence-electron chi connectivity index (χ0n) is 14.9. The second-order valence-corrected chi connectivity index (χ2v) is 8.13. The van der Waals surface area contributed by atoms with Gasteiger partial charge in [0.05, 0.1) is 10.3 Å². The number of amides is 1. The van der Waals surface area contributed by atoms with Crippen LogP contribution in [0.25, 0.3) is 10.2 Å². The van der Waals surface area contributed by atoms with Gasteiger partial charge in [0.2, 0.25) is 0 Å². The zero-order chi connectivity index (χ0) is 17.6. The van der Waals surface area contributed by atoms with E-state index in [0.29, 0.717) is 10.3 Å². The highest BCUT2D eigenvalue weighted by Gasteiger charge is 2.26. The molecule has 4 rings (SSSR count). The predicted molar refractivity (Wildman–Crippen MR) is 99.6 cm³/mol. The van der Waals surface area contributed by atoms with Gasteiger partial charge in [0.15, 0.2) is 0 Å². The zero-order valence-corrected chi connectivity index (χ0v) is 15.7. The van der Waals surface area contributed by atoms with Crippen LogP contribution in [-0.2, 0) is 13.0 Å². The van der Waals surface area contributed by atoms with Crippen molar-refractivity contribution >= 4 is 27.5 Å². The van der Waals surface area contributed by atoms with E-state index < -0.39 is 0 Å². The second-order valence-electron chi connectivity index (χ2n) is 7.13. The summed E-state index contributed by atoms with van der Waals surface area (Å²) < 4.78 is 1.83. The quantitative estimate of drug-likeness (QED) is 0.779. The third-order valence-corrected chi connectivity index (χ3v) is 6.57. The number of piperazine rings is 1. The van der Waals surface area contributed by atoms with Crippen LogP contribution in [0.1, 0.15) is 40.3 Å². The fourth-order valence-electron chi connectivity index (χ4n) is 3.77. The summed E-state index contributed by atoms with van der Waals surface area (Å²) in [6, 6.07) is 0. The van der Waals surface area contributed by atoms with Gasteiger partial charge in [0.25, 0.3) is 11.5 Å². The summed E-state index contributed by atoms with van der Waals surface area (Å²) in [6.45, 7) is 5.91. The van der Waals surface area contributed by atoms with E-state index in [0.717, 1.165) is 74.6 Å². The highest BCUT2D eigenvalue weighted by molar-refractivity contribution is 7.20. The van der Waals surface area contributed by atoms with E-state index >= 15 is 0 Å². The van der Waals surface area contributed by atoms with Crippen LogP contribution in [0.15, 0.2) is 4.79 Å². The molecule has 2 aliphatic rings. The molecule has 7 heteroatoms. The molecule has 0 aliphatic carbocycles. The van der Waals surface area contributed by atoms with Gasteiger partial charge in [-0.25, -0.2) is 4.98 Å². The number of thiophene rings is 1. The van der Waals surface area contributed by atoms with Gasteiger partial charge in [-0.15, -0.1) is 11.3 Å². The van der Waals surface area contributed by atoms with Crippen LogP contribution < -0.4 is 5.56 Å². The van der Waals surface area contributed by atoms with Crippen molar-refractivity contribution in [2.24, 2.45) is 0 Å². The van der Waals surface area contributed by atoms with Crippen molar-refractivity contribution in [2.45, 2.75) is 39.2 Å². The molecule has 1 amide bonds. The average molecular weight is 360 g/mol. The molecule has 2 aromatic rings. The lowest BCUT2D eigenvalue weighted by Gasteiger charge is -2.32. The molecule has 0 atom stereocenters. The topological polar surface area (TPSA) is 58.4 Å². The van der Waals surface area contributed by atoms with Crippen molar-refractivity contribution in [2.75, 3.05) is 33.2 Å². The molecule has 0 N–H and O–H groups in total. The van der Waals surface area contributed by atoms with Crippen LogP contribution in [0.2, 0.25) is 0 Å². The molecule has 0 unspecified atom stereocenters. The van der Waals surface area contributed by atoms with E-state index in [1.165, 1.54) is 11.3 Å². The maximum atomic E-state index is 13.0. The first kappa shape index (κ1) is 16.7. The van der Waals surface area contributed by atoms with Crippen molar-refractivity contribution < 1.29 is 4.79 Å². The number of hydrogen-bond acceptors (Lipinski definition) is 5. The highest BCUT2D eigenvalue weighted by Crippen LogP contribution is 2.29. The van der Waals surface area contributed by atoms with E-state index in [-0.39, 0.29) is 11.5 Å². The molecule has 1 fully saturated rings. The van der Waals surface area contributed by atoms with Crippen molar-refractivity contribution in [3.63, 3.8) is 0 Å². The van der Waals surface area contributed by atoms with Crippen molar-refractivity contribution in [1.29, 1.82) is 0 Å². The summed E-state index contributed by atoms with van der Waals surface area (Å²) in [5.41, 5.74) is 0.842. The third kappa shape index (κ3) is 2.89. The summed E-state index contributed by atoms with van der Waals surface area (Å²) in [5.74, 6) is 0.933. The number of likely N-dealkylation sites (N-methyl/N-ethyl adjacent to an activating group) is 1. The molecule has 2 aliphatic heterocycles. The molecule has 25 heavy (non-hydrogen) atoms. The molecule has 0 aromatic carbocycles. The molecule has 0 spiro atoms. The number of hydrogen-bond donors (Lipinski definition) is 0. The number of fused-ring (bicyclic) bond motifs is 2. The van der Waals surface area contributed by atoms with Gasteiger partial charge in [-0.3, -0.25) is 14.2 Å². The summed E-state index contributed by atoms with van der Waals surface area (Å²) in [7, 11) is 2.07. The van der Waals surface area contributed by atoms with Crippen molar-refractivity contribution in [3.05, 3.63) is 26.6 Å². The summed E-state index contributed by atoms with van der Waals surface area (Å²) in [4.78, 5) is 36.3. The van der Waals surface area contributed by atoms with Gasteiger partial charge in [-0.1, -0.05) is 6.42 Å². The predicted octanol–water partition coefficient (Wildman–Crippen LogP) is 1.88. The fraction of sp³-hybridized carbons (Fsp3) is 0.611.